The summed E-state index contributed by atoms with van der Waals surface area (Å²) in [6.07, 6.45) is 0.189. The lowest BCUT2D eigenvalue weighted by molar-refractivity contribution is -0.142. The Kier molecular flexibility index (Phi) is 6.38. The topological polar surface area (TPSA) is 43.4 Å². The van der Waals surface area contributed by atoms with Crippen molar-refractivity contribution in [3.05, 3.63) is 107 Å². The summed E-state index contributed by atoms with van der Waals surface area (Å²) in [5.74, 6) is -0.672. The molecule has 0 aliphatic heterocycles. The number of esters is 1. The van der Waals surface area contributed by atoms with Gasteiger partial charge in [-0.25, -0.2) is 0 Å². The molecule has 0 fully saturated rings. The molecule has 3 heteroatoms. The first kappa shape index (κ1) is 19.6. The molecule has 0 radical (unpaired) electrons. The normalized spacial score (nSPS) is 10.7. The molecule has 0 atom stereocenters. The Morgan fingerprint density at radius 2 is 1.36 bits per heavy atom. The van der Waals surface area contributed by atoms with Gasteiger partial charge in [0.2, 0.25) is 0 Å². The molecule has 3 nitrogen and oxygen atoms in total. The van der Waals surface area contributed by atoms with Crippen LogP contribution in [0.15, 0.2) is 78.9 Å². The fourth-order valence-corrected chi connectivity index (χ4v) is 3.17. The van der Waals surface area contributed by atoms with Crippen molar-refractivity contribution in [1.82, 2.24) is 0 Å². The summed E-state index contributed by atoms with van der Waals surface area (Å²) in [7, 11) is 0. The second kappa shape index (κ2) is 9.14. The number of aryl methyl sites for hydroxylation is 2. The first-order valence-corrected chi connectivity index (χ1v) is 9.40. The minimum absolute atomic E-state index is 0.105. The van der Waals surface area contributed by atoms with Crippen LogP contribution < -0.4 is 0 Å². The molecule has 0 aliphatic carbocycles. The second-order valence-electron chi connectivity index (χ2n) is 6.96. The maximum atomic E-state index is 12.5. The van der Waals surface area contributed by atoms with E-state index < -0.39 is 0 Å². The van der Waals surface area contributed by atoms with Crippen molar-refractivity contribution in [1.29, 1.82) is 0 Å². The number of rotatable bonds is 7. The second-order valence-corrected chi connectivity index (χ2v) is 6.96. The highest BCUT2D eigenvalue weighted by Gasteiger charge is 2.20. The molecule has 0 amide bonds. The Labute approximate surface area is 166 Å². The van der Waals surface area contributed by atoms with Crippen LogP contribution in [0.4, 0.5) is 0 Å². The van der Waals surface area contributed by atoms with Crippen molar-refractivity contribution in [3.8, 4) is 0 Å². The van der Waals surface area contributed by atoms with Crippen molar-refractivity contribution in [3.63, 3.8) is 0 Å². The lowest BCUT2D eigenvalue weighted by Crippen LogP contribution is -2.17. The Morgan fingerprint density at radius 1 is 0.786 bits per heavy atom. The number of carbonyl (C=O) groups is 2. The summed E-state index contributed by atoms with van der Waals surface area (Å²) >= 11 is 0. The summed E-state index contributed by atoms with van der Waals surface area (Å²) in [5.41, 5.74) is 4.84. The quantitative estimate of drug-likeness (QED) is 0.420. The third-order valence-corrected chi connectivity index (χ3v) is 4.97. The molecule has 28 heavy (non-hydrogen) atoms. The molecule has 0 bridgehead atoms. The maximum absolute atomic E-state index is 12.5. The highest BCUT2D eigenvalue weighted by Crippen LogP contribution is 2.28. The van der Waals surface area contributed by atoms with Crippen molar-refractivity contribution in [2.75, 3.05) is 6.61 Å². The third-order valence-electron chi connectivity index (χ3n) is 4.97. The molecule has 0 aliphatic rings. The van der Waals surface area contributed by atoms with Gasteiger partial charge in [-0.15, -0.1) is 0 Å². The summed E-state index contributed by atoms with van der Waals surface area (Å²) in [4.78, 5) is 24.8. The van der Waals surface area contributed by atoms with Crippen LogP contribution in [0.5, 0.6) is 0 Å². The van der Waals surface area contributed by atoms with Crippen LogP contribution in [-0.4, -0.2) is 18.4 Å². The Bertz CT molecular complexity index is 907. The monoisotopic (exact) mass is 372 g/mol. The van der Waals surface area contributed by atoms with Gasteiger partial charge in [0.15, 0.2) is 12.4 Å². The van der Waals surface area contributed by atoms with E-state index in [1.807, 2.05) is 86.6 Å². The minimum atomic E-state index is -0.380. The summed E-state index contributed by atoms with van der Waals surface area (Å²) < 4.78 is 5.31. The van der Waals surface area contributed by atoms with Crippen LogP contribution >= 0.6 is 0 Å². The van der Waals surface area contributed by atoms with Gasteiger partial charge < -0.3 is 4.74 Å². The average Bonchev–Trinajstić information content (AvgIpc) is 2.73. The minimum Gasteiger partial charge on any atom is -0.457 e. The SMILES string of the molecule is Cc1ccc(C(=O)COC(=O)CC(c2ccccc2)c2ccccc2)cc1C. The maximum Gasteiger partial charge on any atom is 0.307 e. The van der Waals surface area contributed by atoms with Gasteiger partial charge in [-0.1, -0.05) is 72.8 Å². The van der Waals surface area contributed by atoms with Gasteiger partial charge in [0, 0.05) is 11.5 Å². The zero-order valence-electron chi connectivity index (χ0n) is 16.2. The largest absolute Gasteiger partial charge is 0.457 e. The van der Waals surface area contributed by atoms with Crippen LogP contribution in [0.1, 0.15) is 45.0 Å². The number of ketones is 1. The van der Waals surface area contributed by atoms with Crippen LogP contribution in [-0.2, 0) is 9.53 Å². The summed E-state index contributed by atoms with van der Waals surface area (Å²) in [5, 5.41) is 0. The van der Waals surface area contributed by atoms with E-state index in [0.29, 0.717) is 5.56 Å². The molecule has 3 aromatic rings. The van der Waals surface area contributed by atoms with Gasteiger partial charge in [0.1, 0.15) is 0 Å². The first-order valence-electron chi connectivity index (χ1n) is 9.40. The summed E-state index contributed by atoms with van der Waals surface area (Å²) in [6.45, 7) is 3.72. The van der Waals surface area contributed by atoms with Gasteiger partial charge in [0.25, 0.3) is 0 Å². The molecule has 0 spiro atoms. The fraction of sp³-hybridized carbons (Fsp3) is 0.200. The van der Waals surface area contributed by atoms with Crippen molar-refractivity contribution >= 4 is 11.8 Å². The van der Waals surface area contributed by atoms with E-state index in [-0.39, 0.29) is 30.7 Å². The highest BCUT2D eigenvalue weighted by atomic mass is 16.5. The molecule has 0 N–H and O–H groups in total. The number of ether oxygens (including phenoxy) is 1. The van der Waals surface area contributed by atoms with Gasteiger partial charge in [-0.05, 0) is 42.2 Å². The molecule has 142 valence electrons. The molecule has 0 aromatic heterocycles. The van der Waals surface area contributed by atoms with Gasteiger partial charge in [-0.3, -0.25) is 9.59 Å². The number of hydrogen-bond acceptors (Lipinski definition) is 3. The number of benzene rings is 3. The van der Waals surface area contributed by atoms with E-state index >= 15 is 0 Å². The Balaban J connectivity index is 1.67. The Hall–Kier alpha value is -3.20. The van der Waals surface area contributed by atoms with E-state index in [4.69, 9.17) is 4.74 Å². The zero-order chi connectivity index (χ0) is 19.9. The molecule has 0 saturated heterocycles. The molecule has 3 aromatic carbocycles. The molecular formula is C25H24O3. The first-order chi connectivity index (χ1) is 13.5. The van der Waals surface area contributed by atoms with Crippen molar-refractivity contribution < 1.29 is 14.3 Å². The van der Waals surface area contributed by atoms with E-state index in [0.717, 1.165) is 22.3 Å². The van der Waals surface area contributed by atoms with E-state index in [1.165, 1.54) is 0 Å². The lowest BCUT2D eigenvalue weighted by atomic mass is 9.89. The zero-order valence-corrected chi connectivity index (χ0v) is 16.2. The van der Waals surface area contributed by atoms with E-state index in [1.54, 1.807) is 6.07 Å². The van der Waals surface area contributed by atoms with Gasteiger partial charge >= 0.3 is 5.97 Å². The predicted octanol–water partition coefficient (Wildman–Crippen LogP) is 5.25. The molecule has 3 rings (SSSR count). The van der Waals surface area contributed by atoms with Crippen LogP contribution in [0, 0.1) is 13.8 Å². The molecule has 0 heterocycles. The van der Waals surface area contributed by atoms with Gasteiger partial charge in [0.05, 0.1) is 6.42 Å². The Morgan fingerprint density at radius 3 is 1.89 bits per heavy atom. The third kappa shape index (κ3) is 4.95. The highest BCUT2D eigenvalue weighted by molar-refractivity contribution is 5.98. The fourth-order valence-electron chi connectivity index (χ4n) is 3.17. The standard InChI is InChI=1S/C25H24O3/c1-18-13-14-22(15-19(18)2)24(26)17-28-25(27)16-23(20-9-5-3-6-10-20)21-11-7-4-8-12-21/h3-15,23H,16-17H2,1-2H3. The van der Waals surface area contributed by atoms with Crippen molar-refractivity contribution in [2.24, 2.45) is 0 Å². The number of Topliss-reactive ketones (excluding diaryl/α,β-unsaturated/α-hetero) is 1. The smallest absolute Gasteiger partial charge is 0.307 e. The van der Waals surface area contributed by atoms with E-state index in [2.05, 4.69) is 0 Å². The van der Waals surface area contributed by atoms with Gasteiger partial charge in [-0.2, -0.15) is 0 Å². The number of carbonyl (C=O) groups excluding carboxylic acids is 2. The predicted molar refractivity (Wildman–Crippen MR) is 111 cm³/mol. The lowest BCUT2D eigenvalue weighted by Gasteiger charge is -2.17. The number of hydrogen-bond donors (Lipinski definition) is 0. The molecule has 0 saturated carbocycles. The molecular weight excluding hydrogens is 348 g/mol. The van der Waals surface area contributed by atoms with Crippen LogP contribution in [0.2, 0.25) is 0 Å². The van der Waals surface area contributed by atoms with Crippen LogP contribution in [0.3, 0.4) is 0 Å². The average molecular weight is 372 g/mol. The van der Waals surface area contributed by atoms with Crippen LogP contribution in [0.25, 0.3) is 0 Å². The molecule has 0 unspecified atom stereocenters. The van der Waals surface area contributed by atoms with Crippen molar-refractivity contribution in [2.45, 2.75) is 26.2 Å². The summed E-state index contributed by atoms with van der Waals surface area (Å²) in [6, 6.07) is 25.3. The van der Waals surface area contributed by atoms with E-state index in [9.17, 15) is 9.59 Å².